The van der Waals surface area contributed by atoms with Gasteiger partial charge in [-0.25, -0.2) is 4.39 Å². The Balaban J connectivity index is 1.85. The van der Waals surface area contributed by atoms with Gasteiger partial charge >= 0.3 is 0 Å². The topological polar surface area (TPSA) is 35.2 Å². The lowest BCUT2D eigenvalue weighted by atomic mass is 9.91. The monoisotopic (exact) mass is 305 g/mol. The molecule has 0 aromatic heterocycles. The second-order valence-corrected chi connectivity index (χ2v) is 5.69. The summed E-state index contributed by atoms with van der Waals surface area (Å²) in [6.45, 7) is 0.666. The molecule has 1 aliphatic heterocycles. The van der Waals surface area contributed by atoms with Gasteiger partial charge < -0.3 is 10.5 Å². The van der Waals surface area contributed by atoms with Crippen LogP contribution >= 0.6 is 11.6 Å². The van der Waals surface area contributed by atoms with Crippen molar-refractivity contribution in [1.29, 1.82) is 0 Å². The number of fused-ring (bicyclic) bond motifs is 1. The first-order valence-electron chi connectivity index (χ1n) is 7.05. The molecule has 0 aliphatic carbocycles. The first-order valence-corrected chi connectivity index (χ1v) is 7.43. The molecule has 0 saturated heterocycles. The average molecular weight is 306 g/mol. The quantitative estimate of drug-likeness (QED) is 0.923. The third-order valence-corrected chi connectivity index (χ3v) is 4.26. The number of hydrogen-bond acceptors (Lipinski definition) is 2. The minimum Gasteiger partial charge on any atom is -0.373 e. The van der Waals surface area contributed by atoms with E-state index in [1.807, 2.05) is 12.1 Å². The fourth-order valence-electron chi connectivity index (χ4n) is 2.89. The molecule has 0 radical (unpaired) electrons. The standard InChI is InChI=1S/C17H17ClFNO/c18-13-6-3-7-14(19)17(13)15(20)10-16-12-5-2-1-4-11(12)8-9-21-16/h1-7,15-16H,8-10,20H2. The minimum absolute atomic E-state index is 0.111. The Bertz CT molecular complexity index is 626. The molecule has 0 bridgehead atoms. The lowest BCUT2D eigenvalue weighted by Crippen LogP contribution is -2.22. The fraction of sp³-hybridized carbons (Fsp3) is 0.294. The average Bonchev–Trinajstić information content (AvgIpc) is 2.47. The van der Waals surface area contributed by atoms with Crippen molar-refractivity contribution in [1.82, 2.24) is 0 Å². The highest BCUT2D eigenvalue weighted by molar-refractivity contribution is 6.31. The molecule has 21 heavy (non-hydrogen) atoms. The Morgan fingerprint density at radius 1 is 1.24 bits per heavy atom. The molecular weight excluding hydrogens is 289 g/mol. The Labute approximate surface area is 128 Å². The molecule has 3 rings (SSSR count). The molecule has 0 amide bonds. The zero-order valence-electron chi connectivity index (χ0n) is 11.6. The van der Waals surface area contributed by atoms with E-state index in [-0.39, 0.29) is 11.9 Å². The molecule has 2 nitrogen and oxygen atoms in total. The van der Waals surface area contributed by atoms with Crippen LogP contribution in [0.4, 0.5) is 4.39 Å². The van der Waals surface area contributed by atoms with Crippen molar-refractivity contribution >= 4 is 11.6 Å². The van der Waals surface area contributed by atoms with Crippen LogP contribution in [0.2, 0.25) is 5.02 Å². The predicted molar refractivity (Wildman–Crippen MR) is 81.8 cm³/mol. The Morgan fingerprint density at radius 3 is 2.86 bits per heavy atom. The summed E-state index contributed by atoms with van der Waals surface area (Å²) in [4.78, 5) is 0. The summed E-state index contributed by atoms with van der Waals surface area (Å²) >= 11 is 6.08. The van der Waals surface area contributed by atoms with E-state index in [0.29, 0.717) is 23.6 Å². The van der Waals surface area contributed by atoms with Gasteiger partial charge in [-0.15, -0.1) is 0 Å². The van der Waals surface area contributed by atoms with Crippen molar-refractivity contribution < 1.29 is 9.13 Å². The molecule has 110 valence electrons. The van der Waals surface area contributed by atoms with Crippen molar-refractivity contribution in [2.24, 2.45) is 5.73 Å². The van der Waals surface area contributed by atoms with Crippen LogP contribution in [-0.4, -0.2) is 6.61 Å². The van der Waals surface area contributed by atoms with Gasteiger partial charge in [-0.1, -0.05) is 41.9 Å². The van der Waals surface area contributed by atoms with Crippen LogP contribution in [0.15, 0.2) is 42.5 Å². The number of halogens is 2. The third-order valence-electron chi connectivity index (χ3n) is 3.93. The zero-order valence-corrected chi connectivity index (χ0v) is 12.3. The molecule has 0 saturated carbocycles. The summed E-state index contributed by atoms with van der Waals surface area (Å²) in [7, 11) is 0. The second-order valence-electron chi connectivity index (χ2n) is 5.29. The maximum atomic E-state index is 13.9. The van der Waals surface area contributed by atoms with Crippen molar-refractivity contribution in [3.63, 3.8) is 0 Å². The molecule has 0 spiro atoms. The summed E-state index contributed by atoms with van der Waals surface area (Å²) in [6.07, 6.45) is 1.31. The van der Waals surface area contributed by atoms with Gasteiger partial charge in [0.1, 0.15) is 5.82 Å². The number of hydrogen-bond donors (Lipinski definition) is 1. The minimum atomic E-state index is -0.491. The van der Waals surface area contributed by atoms with E-state index in [1.165, 1.54) is 11.6 Å². The van der Waals surface area contributed by atoms with Crippen LogP contribution in [-0.2, 0) is 11.2 Å². The molecule has 4 heteroatoms. The highest BCUT2D eigenvalue weighted by atomic mass is 35.5. The first-order chi connectivity index (χ1) is 10.2. The highest BCUT2D eigenvalue weighted by Crippen LogP contribution is 2.35. The summed E-state index contributed by atoms with van der Waals surface area (Å²) in [5.41, 5.74) is 8.97. The Morgan fingerprint density at radius 2 is 2.05 bits per heavy atom. The molecular formula is C17H17ClFNO. The van der Waals surface area contributed by atoms with Gasteiger partial charge in [0.25, 0.3) is 0 Å². The smallest absolute Gasteiger partial charge is 0.129 e. The van der Waals surface area contributed by atoms with E-state index in [2.05, 4.69) is 12.1 Å². The van der Waals surface area contributed by atoms with Gasteiger partial charge in [-0.3, -0.25) is 0 Å². The van der Waals surface area contributed by atoms with Crippen LogP contribution < -0.4 is 5.73 Å². The molecule has 2 atom stereocenters. The fourth-order valence-corrected chi connectivity index (χ4v) is 3.19. The van der Waals surface area contributed by atoms with Crippen LogP contribution in [0, 0.1) is 5.82 Å². The number of nitrogens with two attached hydrogens (primary N) is 1. The van der Waals surface area contributed by atoms with Gasteiger partial charge in [-0.2, -0.15) is 0 Å². The molecule has 1 heterocycles. The maximum Gasteiger partial charge on any atom is 0.129 e. The van der Waals surface area contributed by atoms with Crippen LogP contribution in [0.3, 0.4) is 0 Å². The molecule has 2 unspecified atom stereocenters. The summed E-state index contributed by atoms with van der Waals surface area (Å²) in [6, 6.07) is 12.3. The number of rotatable bonds is 3. The summed E-state index contributed by atoms with van der Waals surface area (Å²) in [5, 5.41) is 0.367. The normalized spacial score (nSPS) is 19.1. The van der Waals surface area contributed by atoms with Gasteiger partial charge in [0.05, 0.1) is 12.7 Å². The molecule has 2 aromatic rings. The van der Waals surface area contributed by atoms with Gasteiger partial charge in [0, 0.05) is 16.6 Å². The molecule has 1 aliphatic rings. The van der Waals surface area contributed by atoms with Crippen molar-refractivity contribution in [3.8, 4) is 0 Å². The van der Waals surface area contributed by atoms with E-state index in [0.717, 1.165) is 12.0 Å². The van der Waals surface area contributed by atoms with Gasteiger partial charge in [0.15, 0.2) is 0 Å². The molecule has 2 N–H and O–H groups in total. The van der Waals surface area contributed by atoms with Crippen LogP contribution in [0.1, 0.15) is 35.3 Å². The van der Waals surface area contributed by atoms with E-state index in [9.17, 15) is 4.39 Å². The Hall–Kier alpha value is -1.42. The van der Waals surface area contributed by atoms with E-state index < -0.39 is 6.04 Å². The van der Waals surface area contributed by atoms with Crippen LogP contribution in [0.5, 0.6) is 0 Å². The summed E-state index contributed by atoms with van der Waals surface area (Å²) < 4.78 is 19.8. The third kappa shape index (κ3) is 2.95. The maximum absolute atomic E-state index is 13.9. The zero-order chi connectivity index (χ0) is 14.8. The van der Waals surface area contributed by atoms with Gasteiger partial charge in [0.2, 0.25) is 0 Å². The van der Waals surface area contributed by atoms with E-state index in [1.54, 1.807) is 12.1 Å². The summed E-state index contributed by atoms with van der Waals surface area (Å²) in [5.74, 6) is -0.362. The molecule has 0 fully saturated rings. The SMILES string of the molecule is NC(CC1OCCc2ccccc21)c1c(F)cccc1Cl. The van der Waals surface area contributed by atoms with Crippen LogP contribution in [0.25, 0.3) is 0 Å². The largest absolute Gasteiger partial charge is 0.373 e. The van der Waals surface area contributed by atoms with Gasteiger partial charge in [-0.05, 0) is 36.1 Å². The lowest BCUT2D eigenvalue weighted by Gasteiger charge is -2.28. The van der Waals surface area contributed by atoms with Crippen molar-refractivity contribution in [3.05, 3.63) is 70.0 Å². The predicted octanol–water partition coefficient (Wildman–Crippen LogP) is 4.18. The second kappa shape index (κ2) is 6.14. The number of benzene rings is 2. The number of ether oxygens (including phenoxy) is 1. The van der Waals surface area contributed by atoms with Crippen molar-refractivity contribution in [2.75, 3.05) is 6.61 Å². The lowest BCUT2D eigenvalue weighted by molar-refractivity contribution is 0.0318. The first kappa shape index (κ1) is 14.5. The highest BCUT2D eigenvalue weighted by Gasteiger charge is 2.25. The Kier molecular flexibility index (Phi) is 4.24. The van der Waals surface area contributed by atoms with E-state index in [4.69, 9.17) is 22.1 Å². The van der Waals surface area contributed by atoms with E-state index >= 15 is 0 Å². The molecule has 2 aromatic carbocycles. The van der Waals surface area contributed by atoms with Crippen molar-refractivity contribution in [2.45, 2.75) is 25.0 Å².